The predicted molar refractivity (Wildman–Crippen MR) is 87.7 cm³/mol. The zero-order valence-corrected chi connectivity index (χ0v) is 14.4. The summed E-state index contributed by atoms with van der Waals surface area (Å²) in [5.74, 6) is -0.312. The molecule has 0 unspecified atom stereocenters. The molecule has 0 spiro atoms. The second-order valence-electron chi connectivity index (χ2n) is 4.39. The van der Waals surface area contributed by atoms with Gasteiger partial charge >= 0.3 is 7.12 Å². The molecule has 0 fully saturated rings. The van der Waals surface area contributed by atoms with Crippen LogP contribution >= 0.6 is 0 Å². The molecule has 4 nitrogen and oxygen atoms in total. The van der Waals surface area contributed by atoms with E-state index in [2.05, 4.69) is 6.92 Å². The third kappa shape index (κ3) is 7.89. The van der Waals surface area contributed by atoms with Gasteiger partial charge in [0.25, 0.3) is 0 Å². The van der Waals surface area contributed by atoms with Crippen molar-refractivity contribution >= 4 is 12.6 Å². The van der Waals surface area contributed by atoms with Crippen molar-refractivity contribution in [3.05, 3.63) is 29.6 Å². The zero-order valence-electron chi connectivity index (χ0n) is 14.4. The Bertz CT molecular complexity index is 390. The lowest BCUT2D eigenvalue weighted by Gasteiger charge is -2.16. The Balaban J connectivity index is 0.00000211. The topological polar surface area (TPSA) is 36.9 Å². The fourth-order valence-electron chi connectivity index (χ4n) is 1.78. The molecule has 0 atom stereocenters. The number of ether oxygens (including phenoxy) is 2. The Morgan fingerprint density at radius 3 is 2.50 bits per heavy atom. The highest BCUT2D eigenvalue weighted by molar-refractivity contribution is 6.61. The quantitative estimate of drug-likeness (QED) is 0.378. The number of methoxy groups -OCH3 is 1. The molecule has 1 aromatic carbocycles. The van der Waals surface area contributed by atoms with Crippen molar-refractivity contribution in [3.8, 4) is 0 Å². The van der Waals surface area contributed by atoms with Crippen LogP contribution in [0.5, 0.6) is 0 Å². The second kappa shape index (κ2) is 13.7. The maximum Gasteiger partial charge on any atom is 0.494 e. The minimum absolute atomic E-state index is 0.157. The molecule has 0 radical (unpaired) electrons. The van der Waals surface area contributed by atoms with Gasteiger partial charge in [-0.25, -0.2) is 4.39 Å². The van der Waals surface area contributed by atoms with Gasteiger partial charge in [0.05, 0.1) is 6.61 Å². The molecule has 126 valence electrons. The summed E-state index contributed by atoms with van der Waals surface area (Å²) in [7, 11) is 2.60. The van der Waals surface area contributed by atoms with E-state index in [1.807, 2.05) is 13.8 Å². The lowest BCUT2D eigenvalue weighted by Crippen LogP contribution is -2.39. The summed E-state index contributed by atoms with van der Waals surface area (Å²) in [5.41, 5.74) is 1.48. The Labute approximate surface area is 134 Å². The maximum absolute atomic E-state index is 13.4. The molecule has 0 aliphatic heterocycles. The summed E-state index contributed by atoms with van der Waals surface area (Å²) >= 11 is 0. The van der Waals surface area contributed by atoms with Gasteiger partial charge in [0, 0.05) is 20.8 Å². The molecular weight excluding hydrogens is 286 g/mol. The van der Waals surface area contributed by atoms with Gasteiger partial charge in [-0.3, -0.25) is 0 Å². The van der Waals surface area contributed by atoms with Crippen molar-refractivity contribution in [2.45, 2.75) is 40.2 Å². The Morgan fingerprint density at radius 1 is 1.18 bits per heavy atom. The summed E-state index contributed by atoms with van der Waals surface area (Å²) in [6.45, 7) is 7.10. The van der Waals surface area contributed by atoms with Crippen LogP contribution in [0.2, 0.25) is 0 Å². The van der Waals surface area contributed by atoms with Gasteiger partial charge in [-0.15, -0.1) is 0 Å². The normalized spacial score (nSPS) is 10.1. The van der Waals surface area contributed by atoms with Crippen molar-refractivity contribution in [3.63, 3.8) is 0 Å². The summed E-state index contributed by atoms with van der Waals surface area (Å²) in [6, 6.07) is 4.49. The average Bonchev–Trinajstić information content (AvgIpc) is 2.55. The van der Waals surface area contributed by atoms with Gasteiger partial charge in [-0.1, -0.05) is 33.3 Å². The molecule has 6 heteroatoms. The van der Waals surface area contributed by atoms with Crippen LogP contribution in [0.1, 0.15) is 39.2 Å². The lowest BCUT2D eigenvalue weighted by atomic mass is 9.75. The molecule has 0 bridgehead atoms. The smallest absolute Gasteiger partial charge is 0.410 e. The highest BCUT2D eigenvalue weighted by Crippen LogP contribution is 2.06. The first-order chi connectivity index (χ1) is 10.7. The van der Waals surface area contributed by atoms with Crippen LogP contribution in [-0.2, 0) is 25.4 Å². The first-order valence-electron chi connectivity index (χ1n) is 7.72. The molecule has 1 aromatic rings. The van der Waals surface area contributed by atoms with Crippen molar-refractivity contribution in [2.75, 3.05) is 27.6 Å². The molecule has 1 rings (SSSR count). The Hall–Kier alpha value is -0.945. The van der Waals surface area contributed by atoms with E-state index >= 15 is 0 Å². The third-order valence-corrected chi connectivity index (χ3v) is 2.80. The minimum Gasteiger partial charge on any atom is -0.410 e. The van der Waals surface area contributed by atoms with E-state index in [0.29, 0.717) is 12.2 Å². The fraction of sp³-hybridized carbons (Fsp3) is 0.625. The monoisotopic (exact) mass is 314 g/mol. The van der Waals surface area contributed by atoms with Gasteiger partial charge in [-0.2, -0.15) is 0 Å². The standard InChI is InChI=1S/C14H22BFO4.C2H6/c1-4-5-8-20-15(18-3)14-7-6-13(16)9-12(14)10-19-11-17-2;1-2/h6-7,9H,4-5,8,10-11H2,1-3H3;1-2H3. The van der Waals surface area contributed by atoms with Crippen molar-refractivity contribution in [1.29, 1.82) is 0 Å². The Kier molecular flexibility index (Phi) is 13.1. The molecule has 0 N–H and O–H groups in total. The van der Waals surface area contributed by atoms with Crippen LogP contribution in [0.4, 0.5) is 4.39 Å². The van der Waals surface area contributed by atoms with E-state index in [4.69, 9.17) is 18.8 Å². The van der Waals surface area contributed by atoms with Gasteiger partial charge in [0.15, 0.2) is 0 Å². The fourth-order valence-corrected chi connectivity index (χ4v) is 1.78. The first kappa shape index (κ1) is 21.1. The molecule has 0 aliphatic rings. The second-order valence-corrected chi connectivity index (χ2v) is 4.39. The van der Waals surface area contributed by atoms with Gasteiger partial charge < -0.3 is 18.8 Å². The predicted octanol–water partition coefficient (Wildman–Crippen LogP) is 3.13. The van der Waals surface area contributed by atoms with E-state index < -0.39 is 7.12 Å². The highest BCUT2D eigenvalue weighted by Gasteiger charge is 2.23. The van der Waals surface area contributed by atoms with Crippen LogP contribution in [0, 0.1) is 5.82 Å². The van der Waals surface area contributed by atoms with E-state index in [1.54, 1.807) is 13.2 Å². The SMILES string of the molecule is CC.CCCCOB(OC)c1ccc(F)cc1COCOC. The van der Waals surface area contributed by atoms with Crippen LogP contribution in [-0.4, -0.2) is 34.7 Å². The van der Waals surface area contributed by atoms with Crippen LogP contribution < -0.4 is 5.46 Å². The summed E-state index contributed by atoms with van der Waals surface area (Å²) in [5, 5.41) is 0. The van der Waals surface area contributed by atoms with Crippen molar-refractivity contribution in [2.24, 2.45) is 0 Å². The number of hydrogen-bond acceptors (Lipinski definition) is 4. The number of halogens is 1. The van der Waals surface area contributed by atoms with E-state index in [9.17, 15) is 4.39 Å². The molecular formula is C16H28BFO4. The number of unbranched alkanes of at least 4 members (excludes halogenated alkanes) is 1. The number of rotatable bonds is 10. The van der Waals surface area contributed by atoms with E-state index in [0.717, 1.165) is 18.3 Å². The summed E-state index contributed by atoms with van der Waals surface area (Å²) < 4.78 is 34.5. The van der Waals surface area contributed by atoms with E-state index in [-0.39, 0.29) is 19.2 Å². The van der Waals surface area contributed by atoms with Gasteiger partial charge in [0.1, 0.15) is 12.6 Å². The Morgan fingerprint density at radius 2 is 1.91 bits per heavy atom. The molecule has 0 heterocycles. The highest BCUT2D eigenvalue weighted by atomic mass is 19.1. The summed E-state index contributed by atoms with van der Waals surface area (Å²) in [4.78, 5) is 0. The molecule has 22 heavy (non-hydrogen) atoms. The van der Waals surface area contributed by atoms with Crippen molar-refractivity contribution in [1.82, 2.24) is 0 Å². The largest absolute Gasteiger partial charge is 0.494 e. The average molecular weight is 314 g/mol. The van der Waals surface area contributed by atoms with Crippen LogP contribution in [0.3, 0.4) is 0 Å². The van der Waals surface area contributed by atoms with Gasteiger partial charge in [-0.05, 0) is 29.6 Å². The number of benzene rings is 1. The third-order valence-electron chi connectivity index (χ3n) is 2.80. The molecule has 0 aliphatic carbocycles. The maximum atomic E-state index is 13.4. The molecule has 0 saturated heterocycles. The first-order valence-corrected chi connectivity index (χ1v) is 7.72. The lowest BCUT2D eigenvalue weighted by molar-refractivity contribution is -0.0389. The van der Waals surface area contributed by atoms with Crippen molar-refractivity contribution < 1.29 is 23.2 Å². The molecule has 0 amide bonds. The minimum atomic E-state index is -0.511. The van der Waals surface area contributed by atoms with Crippen LogP contribution in [0.25, 0.3) is 0 Å². The molecule has 0 saturated carbocycles. The van der Waals surface area contributed by atoms with E-state index in [1.165, 1.54) is 19.2 Å². The summed E-state index contributed by atoms with van der Waals surface area (Å²) in [6.07, 6.45) is 2.00. The van der Waals surface area contributed by atoms with Gasteiger partial charge in [0.2, 0.25) is 0 Å². The van der Waals surface area contributed by atoms with Crippen LogP contribution in [0.15, 0.2) is 18.2 Å². The molecule has 0 aromatic heterocycles. The number of hydrogen-bond donors (Lipinski definition) is 0. The zero-order chi connectivity index (χ0) is 16.8.